The summed E-state index contributed by atoms with van der Waals surface area (Å²) in [6.45, 7) is 3.81. The van der Waals surface area contributed by atoms with Gasteiger partial charge in [0.2, 0.25) is 5.91 Å². The third-order valence-corrected chi connectivity index (χ3v) is 3.20. The minimum absolute atomic E-state index is 0.0236. The van der Waals surface area contributed by atoms with Crippen LogP contribution >= 0.6 is 0 Å². The van der Waals surface area contributed by atoms with Crippen LogP contribution in [-0.2, 0) is 9.53 Å². The lowest BCUT2D eigenvalue weighted by Crippen LogP contribution is -2.40. The molecule has 0 aliphatic rings. The van der Waals surface area contributed by atoms with Gasteiger partial charge in [-0.25, -0.2) is 9.18 Å². The molecule has 0 aliphatic carbocycles. The van der Waals surface area contributed by atoms with Gasteiger partial charge in [-0.05, 0) is 24.1 Å². The molecule has 0 heterocycles. The zero-order valence-corrected chi connectivity index (χ0v) is 11.8. The topological polar surface area (TPSA) is 81.4 Å². The first-order valence-corrected chi connectivity index (χ1v) is 6.35. The van der Waals surface area contributed by atoms with Crippen LogP contribution in [-0.4, -0.2) is 25.0 Å². The molecule has 2 atom stereocenters. The molecule has 0 fully saturated rings. The molecule has 6 heteroatoms. The predicted molar refractivity (Wildman–Crippen MR) is 73.8 cm³/mol. The Morgan fingerprint density at radius 2 is 2.10 bits per heavy atom. The zero-order chi connectivity index (χ0) is 15.3. The monoisotopic (exact) mass is 282 g/mol. The van der Waals surface area contributed by atoms with Crippen molar-refractivity contribution >= 4 is 17.6 Å². The first-order chi connectivity index (χ1) is 9.40. The van der Waals surface area contributed by atoms with Crippen LogP contribution in [0.1, 0.15) is 30.6 Å². The fourth-order valence-corrected chi connectivity index (χ4v) is 1.61. The first kappa shape index (κ1) is 16.1. The summed E-state index contributed by atoms with van der Waals surface area (Å²) in [5.41, 5.74) is 5.86. The maximum absolute atomic E-state index is 13.4. The summed E-state index contributed by atoms with van der Waals surface area (Å²) < 4.78 is 17.9. The van der Waals surface area contributed by atoms with Gasteiger partial charge in [0.05, 0.1) is 18.7 Å². The number of carbonyl (C=O) groups is 2. The Morgan fingerprint density at radius 3 is 2.65 bits per heavy atom. The highest BCUT2D eigenvalue weighted by Crippen LogP contribution is 2.17. The van der Waals surface area contributed by atoms with Crippen molar-refractivity contribution in [3.8, 4) is 0 Å². The van der Waals surface area contributed by atoms with Crippen molar-refractivity contribution in [3.63, 3.8) is 0 Å². The van der Waals surface area contributed by atoms with Crippen molar-refractivity contribution < 1.29 is 18.7 Å². The molecule has 5 nitrogen and oxygen atoms in total. The van der Waals surface area contributed by atoms with E-state index in [9.17, 15) is 14.0 Å². The van der Waals surface area contributed by atoms with Crippen molar-refractivity contribution in [1.82, 2.24) is 0 Å². The number of hydrogen-bond donors (Lipinski definition) is 2. The average Bonchev–Trinajstić information content (AvgIpc) is 2.46. The van der Waals surface area contributed by atoms with E-state index in [1.807, 2.05) is 13.8 Å². The molecule has 1 unspecified atom stereocenters. The number of methoxy groups -OCH3 is 1. The Hall–Kier alpha value is -1.95. The third kappa shape index (κ3) is 3.77. The van der Waals surface area contributed by atoms with E-state index >= 15 is 0 Å². The number of anilines is 1. The van der Waals surface area contributed by atoms with Gasteiger partial charge in [-0.3, -0.25) is 4.79 Å². The SMILES string of the molecule is CCC(C)[C@H](N)C(=O)Nc1ccc(F)c(C(=O)OC)c1. The highest BCUT2D eigenvalue weighted by molar-refractivity contribution is 5.97. The van der Waals surface area contributed by atoms with E-state index in [1.165, 1.54) is 12.1 Å². The second-order valence-electron chi connectivity index (χ2n) is 4.59. The van der Waals surface area contributed by atoms with Gasteiger partial charge in [0, 0.05) is 5.69 Å². The Labute approximate surface area is 117 Å². The molecule has 1 aromatic rings. The number of nitrogens with two attached hydrogens (primary N) is 1. The smallest absolute Gasteiger partial charge is 0.340 e. The molecule has 110 valence electrons. The van der Waals surface area contributed by atoms with Crippen molar-refractivity contribution in [2.24, 2.45) is 11.7 Å². The molecule has 0 bridgehead atoms. The Kier molecular flexibility index (Phi) is 5.64. The number of halogens is 1. The van der Waals surface area contributed by atoms with E-state index in [1.54, 1.807) is 0 Å². The highest BCUT2D eigenvalue weighted by Gasteiger charge is 2.20. The summed E-state index contributed by atoms with van der Waals surface area (Å²) in [7, 11) is 1.16. The van der Waals surface area contributed by atoms with Gasteiger partial charge in [-0.1, -0.05) is 20.3 Å². The lowest BCUT2D eigenvalue weighted by Gasteiger charge is -2.18. The van der Waals surface area contributed by atoms with Gasteiger partial charge in [-0.15, -0.1) is 0 Å². The number of benzene rings is 1. The summed E-state index contributed by atoms with van der Waals surface area (Å²) in [6.07, 6.45) is 0.769. The van der Waals surface area contributed by atoms with Crippen LogP contribution < -0.4 is 11.1 Å². The molecule has 1 rings (SSSR count). The number of nitrogens with one attached hydrogen (secondary N) is 1. The number of rotatable bonds is 5. The minimum atomic E-state index is -0.801. The van der Waals surface area contributed by atoms with E-state index < -0.39 is 17.8 Å². The summed E-state index contributed by atoms with van der Waals surface area (Å²) in [6, 6.07) is 3.02. The molecule has 0 saturated heterocycles. The van der Waals surface area contributed by atoms with Crippen LogP contribution in [0.15, 0.2) is 18.2 Å². The van der Waals surface area contributed by atoms with Gasteiger partial charge in [0.15, 0.2) is 0 Å². The normalized spacial score (nSPS) is 13.4. The molecule has 0 spiro atoms. The Balaban J connectivity index is 2.88. The molecule has 0 aliphatic heterocycles. The molecule has 20 heavy (non-hydrogen) atoms. The number of hydrogen-bond acceptors (Lipinski definition) is 4. The van der Waals surface area contributed by atoms with Crippen LogP contribution in [0.5, 0.6) is 0 Å². The Bertz CT molecular complexity index is 505. The van der Waals surface area contributed by atoms with Crippen molar-refractivity contribution in [3.05, 3.63) is 29.6 Å². The number of ether oxygens (including phenoxy) is 1. The van der Waals surface area contributed by atoms with Crippen LogP contribution in [0.25, 0.3) is 0 Å². The van der Waals surface area contributed by atoms with Crippen molar-refractivity contribution in [1.29, 1.82) is 0 Å². The number of amides is 1. The summed E-state index contributed by atoms with van der Waals surface area (Å²) in [5.74, 6) is -1.86. The molecule has 0 saturated carbocycles. The number of esters is 1. The predicted octanol–water partition coefficient (Wildman–Crippen LogP) is 1.92. The summed E-state index contributed by atoms with van der Waals surface area (Å²) >= 11 is 0. The average molecular weight is 282 g/mol. The third-order valence-electron chi connectivity index (χ3n) is 3.20. The van der Waals surface area contributed by atoms with E-state index in [4.69, 9.17) is 5.73 Å². The number of carbonyl (C=O) groups excluding carboxylic acids is 2. The maximum atomic E-state index is 13.4. The summed E-state index contributed by atoms with van der Waals surface area (Å²) in [5, 5.41) is 2.57. The second-order valence-corrected chi connectivity index (χ2v) is 4.59. The molecule has 1 aromatic carbocycles. The van der Waals surface area contributed by atoms with Crippen LogP contribution in [0.2, 0.25) is 0 Å². The van der Waals surface area contributed by atoms with Crippen LogP contribution in [0, 0.1) is 11.7 Å². The van der Waals surface area contributed by atoms with Crippen LogP contribution in [0.3, 0.4) is 0 Å². The lowest BCUT2D eigenvalue weighted by molar-refractivity contribution is -0.118. The Morgan fingerprint density at radius 1 is 1.45 bits per heavy atom. The second kappa shape index (κ2) is 7.00. The standard InChI is InChI=1S/C14H19FN2O3/c1-4-8(2)12(16)13(18)17-9-5-6-11(15)10(7-9)14(19)20-3/h5-8,12H,4,16H2,1-3H3,(H,17,18)/t8?,12-/m0/s1. The van der Waals surface area contributed by atoms with E-state index in [0.717, 1.165) is 19.6 Å². The maximum Gasteiger partial charge on any atom is 0.340 e. The van der Waals surface area contributed by atoms with Crippen molar-refractivity contribution in [2.45, 2.75) is 26.3 Å². The fourth-order valence-electron chi connectivity index (χ4n) is 1.61. The highest BCUT2D eigenvalue weighted by atomic mass is 19.1. The molecular formula is C14H19FN2O3. The zero-order valence-electron chi connectivity index (χ0n) is 11.8. The van der Waals surface area contributed by atoms with E-state index in [0.29, 0.717) is 5.69 Å². The van der Waals surface area contributed by atoms with Crippen molar-refractivity contribution in [2.75, 3.05) is 12.4 Å². The minimum Gasteiger partial charge on any atom is -0.465 e. The van der Waals surface area contributed by atoms with Gasteiger partial charge in [0.25, 0.3) is 0 Å². The molecule has 1 amide bonds. The van der Waals surface area contributed by atoms with Crippen LogP contribution in [0.4, 0.5) is 10.1 Å². The van der Waals surface area contributed by atoms with Gasteiger partial charge < -0.3 is 15.8 Å². The molecule has 3 N–H and O–H groups in total. The molecular weight excluding hydrogens is 263 g/mol. The largest absolute Gasteiger partial charge is 0.465 e. The summed E-state index contributed by atoms with van der Waals surface area (Å²) in [4.78, 5) is 23.3. The quantitative estimate of drug-likeness (QED) is 0.808. The lowest BCUT2D eigenvalue weighted by atomic mass is 9.99. The van der Waals surface area contributed by atoms with Gasteiger partial charge >= 0.3 is 5.97 Å². The fraction of sp³-hybridized carbons (Fsp3) is 0.429. The van der Waals surface area contributed by atoms with E-state index in [2.05, 4.69) is 10.1 Å². The molecule has 0 aromatic heterocycles. The first-order valence-electron chi connectivity index (χ1n) is 6.35. The van der Waals surface area contributed by atoms with Gasteiger partial charge in [0.1, 0.15) is 5.82 Å². The van der Waals surface area contributed by atoms with E-state index in [-0.39, 0.29) is 17.4 Å². The van der Waals surface area contributed by atoms with Gasteiger partial charge in [-0.2, -0.15) is 0 Å². The molecule has 0 radical (unpaired) electrons.